The lowest BCUT2D eigenvalue weighted by atomic mass is 10.1. The topological polar surface area (TPSA) is 63.3 Å². The van der Waals surface area contributed by atoms with Crippen molar-refractivity contribution in [3.05, 3.63) is 41.6 Å². The fraction of sp³-hybridized carbons (Fsp3) is 0.556. The van der Waals surface area contributed by atoms with Gasteiger partial charge in [-0.3, -0.25) is 14.4 Å². The van der Waals surface area contributed by atoms with Crippen molar-refractivity contribution in [1.29, 1.82) is 0 Å². The molecule has 0 spiro atoms. The van der Waals surface area contributed by atoms with E-state index in [9.17, 15) is 4.79 Å². The van der Waals surface area contributed by atoms with E-state index in [0.29, 0.717) is 6.54 Å². The molecule has 0 unspecified atom stereocenters. The number of hydrogen-bond acceptors (Lipinski definition) is 4. The Kier molecular flexibility index (Phi) is 5.04. The molecule has 24 heavy (non-hydrogen) atoms. The second kappa shape index (κ2) is 7.21. The number of aromatic nitrogens is 2. The van der Waals surface area contributed by atoms with E-state index in [1.54, 1.807) is 0 Å². The normalized spacial score (nSPS) is 17.9. The Labute approximate surface area is 142 Å². The molecule has 6 nitrogen and oxygen atoms in total. The maximum absolute atomic E-state index is 11.7. The summed E-state index contributed by atoms with van der Waals surface area (Å²) in [5, 5.41) is 7.47. The van der Waals surface area contributed by atoms with Gasteiger partial charge in [0.05, 0.1) is 18.3 Å². The Morgan fingerprint density at radius 3 is 2.96 bits per heavy atom. The molecule has 0 fully saturated rings. The molecule has 6 heteroatoms. The largest absolute Gasteiger partial charge is 0.465 e. The van der Waals surface area contributed by atoms with Crippen LogP contribution in [0.3, 0.4) is 0 Å². The maximum Gasteiger partial charge on any atom is 0.222 e. The Hall–Kier alpha value is -2.08. The molecule has 1 atom stereocenters. The minimum Gasteiger partial charge on any atom is -0.465 e. The van der Waals surface area contributed by atoms with E-state index >= 15 is 0 Å². The Bertz CT molecular complexity index is 689. The van der Waals surface area contributed by atoms with Gasteiger partial charge in [-0.25, -0.2) is 0 Å². The molecule has 3 rings (SSSR count). The van der Waals surface area contributed by atoms with Crippen LogP contribution >= 0.6 is 0 Å². The van der Waals surface area contributed by atoms with Crippen LogP contribution in [-0.4, -0.2) is 33.7 Å². The number of carbonyl (C=O) groups excluding carboxylic acids is 1. The third-order valence-corrected chi connectivity index (χ3v) is 4.43. The summed E-state index contributed by atoms with van der Waals surface area (Å²) in [4.78, 5) is 14.1. The van der Waals surface area contributed by atoms with E-state index in [0.717, 1.165) is 37.6 Å². The Balaban J connectivity index is 1.62. The standard InChI is InChI=1S/C18H26N4O2/c1-13(2)18(23)19-8-6-15-10-21(11-16-7-9-20-22(15)16)12-17-5-4-14(3)24-17/h4-5,7,9,13,15H,6,8,10-12H2,1-3H3,(H,19,23)/t15-/m1/s1. The van der Waals surface area contributed by atoms with Gasteiger partial charge in [-0.2, -0.15) is 5.10 Å². The number of fused-ring (bicyclic) bond motifs is 1. The second-order valence-corrected chi connectivity index (χ2v) is 6.84. The summed E-state index contributed by atoms with van der Waals surface area (Å²) in [6.45, 7) is 9.04. The molecule has 2 aromatic heterocycles. The molecule has 1 aliphatic heterocycles. The molecule has 1 N–H and O–H groups in total. The molecule has 3 heterocycles. The molecule has 130 valence electrons. The highest BCUT2D eigenvalue weighted by atomic mass is 16.3. The molecular weight excluding hydrogens is 304 g/mol. The number of furan rings is 1. The number of carbonyl (C=O) groups is 1. The first-order chi connectivity index (χ1) is 11.5. The van der Waals surface area contributed by atoms with Gasteiger partial charge in [-0.05, 0) is 31.5 Å². The zero-order valence-electron chi connectivity index (χ0n) is 14.7. The number of nitrogens with zero attached hydrogens (tertiary/aromatic N) is 3. The Morgan fingerprint density at radius 1 is 1.42 bits per heavy atom. The SMILES string of the molecule is Cc1ccc(CN2Cc3ccnn3[C@H](CCNC(=O)C(C)C)C2)o1. The van der Waals surface area contributed by atoms with E-state index in [1.165, 1.54) is 5.69 Å². The third-order valence-electron chi connectivity index (χ3n) is 4.43. The van der Waals surface area contributed by atoms with E-state index in [2.05, 4.69) is 26.1 Å². The van der Waals surface area contributed by atoms with Gasteiger partial charge < -0.3 is 9.73 Å². The molecular formula is C18H26N4O2. The summed E-state index contributed by atoms with van der Waals surface area (Å²) >= 11 is 0. The summed E-state index contributed by atoms with van der Waals surface area (Å²) in [6, 6.07) is 6.38. The van der Waals surface area contributed by atoms with Gasteiger partial charge >= 0.3 is 0 Å². The number of rotatable bonds is 6. The van der Waals surface area contributed by atoms with E-state index in [4.69, 9.17) is 4.42 Å². The van der Waals surface area contributed by atoms with Crippen LogP contribution in [0.4, 0.5) is 0 Å². The van der Waals surface area contributed by atoms with Gasteiger partial charge in [0.15, 0.2) is 0 Å². The molecule has 1 aliphatic rings. The second-order valence-electron chi connectivity index (χ2n) is 6.84. The summed E-state index contributed by atoms with van der Waals surface area (Å²) in [5.41, 5.74) is 1.21. The van der Waals surface area contributed by atoms with E-state index in [-0.39, 0.29) is 17.9 Å². The number of nitrogens with one attached hydrogen (secondary N) is 1. The molecule has 1 amide bonds. The minimum atomic E-state index is 0.0234. The monoisotopic (exact) mass is 330 g/mol. The fourth-order valence-corrected chi connectivity index (χ4v) is 3.16. The molecule has 0 bridgehead atoms. The average Bonchev–Trinajstić information content (AvgIpc) is 3.16. The van der Waals surface area contributed by atoms with Crippen LogP contribution in [0.2, 0.25) is 0 Å². The van der Waals surface area contributed by atoms with Crippen LogP contribution < -0.4 is 5.32 Å². The summed E-state index contributed by atoms with van der Waals surface area (Å²) in [7, 11) is 0. The van der Waals surface area contributed by atoms with E-state index in [1.807, 2.05) is 39.1 Å². The predicted octanol–water partition coefficient (Wildman–Crippen LogP) is 2.50. The Morgan fingerprint density at radius 2 is 2.25 bits per heavy atom. The quantitative estimate of drug-likeness (QED) is 0.884. The molecule has 0 aliphatic carbocycles. The van der Waals surface area contributed by atoms with Crippen molar-refractivity contribution in [1.82, 2.24) is 20.0 Å². The molecule has 0 saturated carbocycles. The molecule has 0 aromatic carbocycles. The van der Waals surface area contributed by atoms with Gasteiger partial charge in [0.1, 0.15) is 11.5 Å². The first-order valence-corrected chi connectivity index (χ1v) is 8.60. The average molecular weight is 330 g/mol. The van der Waals surface area contributed by atoms with Crippen molar-refractivity contribution in [2.45, 2.75) is 46.3 Å². The predicted molar refractivity (Wildman–Crippen MR) is 91.3 cm³/mol. The molecule has 0 radical (unpaired) electrons. The zero-order chi connectivity index (χ0) is 17.1. The number of hydrogen-bond donors (Lipinski definition) is 1. The summed E-state index contributed by atoms with van der Waals surface area (Å²) < 4.78 is 7.81. The summed E-state index contributed by atoms with van der Waals surface area (Å²) in [6.07, 6.45) is 2.73. The van der Waals surface area contributed by atoms with Crippen molar-refractivity contribution in [2.24, 2.45) is 5.92 Å². The smallest absolute Gasteiger partial charge is 0.222 e. The van der Waals surface area contributed by atoms with Crippen LogP contribution in [-0.2, 0) is 17.9 Å². The van der Waals surface area contributed by atoms with Gasteiger partial charge in [0.2, 0.25) is 5.91 Å². The van der Waals surface area contributed by atoms with Crippen molar-refractivity contribution in [2.75, 3.05) is 13.1 Å². The fourth-order valence-electron chi connectivity index (χ4n) is 3.16. The number of aryl methyl sites for hydroxylation is 1. The lowest BCUT2D eigenvalue weighted by Crippen LogP contribution is -2.39. The first-order valence-electron chi connectivity index (χ1n) is 8.60. The van der Waals surface area contributed by atoms with Crippen LogP contribution in [0, 0.1) is 12.8 Å². The highest BCUT2D eigenvalue weighted by Gasteiger charge is 2.26. The maximum atomic E-state index is 11.7. The van der Waals surface area contributed by atoms with Gasteiger partial charge in [-0.15, -0.1) is 0 Å². The lowest BCUT2D eigenvalue weighted by Gasteiger charge is -2.33. The third kappa shape index (κ3) is 3.87. The highest BCUT2D eigenvalue weighted by molar-refractivity contribution is 5.77. The highest BCUT2D eigenvalue weighted by Crippen LogP contribution is 2.24. The van der Waals surface area contributed by atoms with Crippen LogP contribution in [0.1, 0.15) is 43.5 Å². The van der Waals surface area contributed by atoms with Crippen molar-refractivity contribution in [3.8, 4) is 0 Å². The minimum absolute atomic E-state index is 0.0234. The van der Waals surface area contributed by atoms with Gasteiger partial charge in [0.25, 0.3) is 0 Å². The van der Waals surface area contributed by atoms with Crippen LogP contribution in [0.25, 0.3) is 0 Å². The van der Waals surface area contributed by atoms with E-state index < -0.39 is 0 Å². The first kappa shape index (κ1) is 16.8. The molecule has 2 aromatic rings. The van der Waals surface area contributed by atoms with Gasteiger partial charge in [0, 0.05) is 31.7 Å². The summed E-state index contributed by atoms with van der Waals surface area (Å²) in [5.74, 6) is 2.07. The van der Waals surface area contributed by atoms with Crippen molar-refractivity contribution in [3.63, 3.8) is 0 Å². The van der Waals surface area contributed by atoms with Crippen molar-refractivity contribution >= 4 is 5.91 Å². The lowest BCUT2D eigenvalue weighted by molar-refractivity contribution is -0.124. The van der Waals surface area contributed by atoms with Crippen LogP contribution in [0.15, 0.2) is 28.8 Å². The van der Waals surface area contributed by atoms with Crippen LogP contribution in [0.5, 0.6) is 0 Å². The molecule has 0 saturated heterocycles. The van der Waals surface area contributed by atoms with Gasteiger partial charge in [-0.1, -0.05) is 13.8 Å². The van der Waals surface area contributed by atoms with Crippen molar-refractivity contribution < 1.29 is 9.21 Å². The number of amides is 1. The zero-order valence-corrected chi connectivity index (χ0v) is 14.7.